The molecule has 0 amide bonds. The Morgan fingerprint density at radius 1 is 0.259 bits per heavy atom. The molecule has 0 aliphatic heterocycles. The van der Waals surface area contributed by atoms with Crippen molar-refractivity contribution >= 4 is 17.9 Å². The fourth-order valence-corrected chi connectivity index (χ4v) is 9.66. The molecule has 81 heavy (non-hydrogen) atoms. The highest BCUT2D eigenvalue weighted by Crippen LogP contribution is 2.17. The van der Waals surface area contributed by atoms with Crippen molar-refractivity contribution in [3.63, 3.8) is 0 Å². The second-order valence-corrected chi connectivity index (χ2v) is 22.7. The lowest BCUT2D eigenvalue weighted by molar-refractivity contribution is -0.167. The van der Waals surface area contributed by atoms with E-state index in [1.807, 2.05) is 0 Å². The van der Waals surface area contributed by atoms with Gasteiger partial charge in [-0.3, -0.25) is 14.4 Å². The molecule has 0 rings (SSSR count). The molecule has 0 spiro atoms. The molecule has 0 saturated carbocycles. The molecule has 6 heteroatoms. The summed E-state index contributed by atoms with van der Waals surface area (Å²) in [6, 6.07) is 0. The Balaban J connectivity index is 4.39. The van der Waals surface area contributed by atoms with E-state index in [0.717, 1.165) is 135 Å². The van der Waals surface area contributed by atoms with Gasteiger partial charge in [-0.1, -0.05) is 297 Å². The van der Waals surface area contributed by atoms with Gasteiger partial charge in [0.15, 0.2) is 6.10 Å². The molecule has 0 aliphatic carbocycles. The van der Waals surface area contributed by atoms with Crippen LogP contribution in [0.4, 0.5) is 0 Å². The quantitative estimate of drug-likeness (QED) is 0.0261. The average molecular weight is 1130 g/mol. The number of allylic oxidation sites excluding steroid dienone is 18. The molecule has 0 bridgehead atoms. The number of ether oxygens (including phenoxy) is 3. The van der Waals surface area contributed by atoms with Crippen molar-refractivity contribution in [2.24, 2.45) is 0 Å². The van der Waals surface area contributed by atoms with Gasteiger partial charge in [-0.2, -0.15) is 0 Å². The van der Waals surface area contributed by atoms with Crippen LogP contribution >= 0.6 is 0 Å². The van der Waals surface area contributed by atoms with E-state index in [9.17, 15) is 14.4 Å². The van der Waals surface area contributed by atoms with Gasteiger partial charge in [-0.05, 0) is 122 Å². The van der Waals surface area contributed by atoms with E-state index in [0.29, 0.717) is 19.3 Å². The third-order valence-corrected chi connectivity index (χ3v) is 14.7. The smallest absolute Gasteiger partial charge is 0.306 e. The van der Waals surface area contributed by atoms with E-state index in [4.69, 9.17) is 14.2 Å². The third kappa shape index (κ3) is 66.8. The van der Waals surface area contributed by atoms with Crippen LogP contribution in [0.5, 0.6) is 0 Å². The first-order valence-corrected chi connectivity index (χ1v) is 34.4. The second kappa shape index (κ2) is 68.6. The predicted octanol–water partition coefficient (Wildman–Crippen LogP) is 23.8. The van der Waals surface area contributed by atoms with Gasteiger partial charge >= 0.3 is 17.9 Å². The summed E-state index contributed by atoms with van der Waals surface area (Å²) >= 11 is 0. The largest absolute Gasteiger partial charge is 0.462 e. The highest BCUT2D eigenvalue weighted by atomic mass is 16.6. The maximum Gasteiger partial charge on any atom is 0.306 e. The van der Waals surface area contributed by atoms with Crippen molar-refractivity contribution in [1.82, 2.24) is 0 Å². The average Bonchev–Trinajstić information content (AvgIpc) is 3.47. The molecule has 0 radical (unpaired) electrons. The third-order valence-electron chi connectivity index (χ3n) is 14.7. The monoisotopic (exact) mass is 1120 g/mol. The van der Waals surface area contributed by atoms with Crippen LogP contribution in [-0.4, -0.2) is 37.2 Å². The number of rotatable bonds is 62. The fraction of sp³-hybridized carbons (Fsp3) is 0.720. The number of carbonyl (C=O) groups excluding carboxylic acids is 3. The fourth-order valence-electron chi connectivity index (χ4n) is 9.66. The summed E-state index contributed by atoms with van der Waals surface area (Å²) < 4.78 is 17.0. The standard InChI is InChI=1S/C75H128O6/c1-4-7-10-13-16-19-22-25-28-31-33-35-36-37-38-40-41-44-47-50-53-56-59-62-65-68-74(77)80-71-72(70-79-73(76)67-64-61-58-55-52-49-46-43-30-27-24-21-18-15-12-9-6-3)81-75(78)69-66-63-60-57-54-51-48-45-42-39-34-32-29-26-23-20-17-14-11-8-5-2/h8-9,11-12,17-18,20-21,26-27,29-31,33-34,39,45,48,72H,4-7,10,13-16,19,22-25,28,32,35-38,40-44,46-47,49-71H2,1-3H3/b11-8-,12-9-,20-17-,21-18-,29-26-,30-27-,33-31-,39-34-,48-45-. The Morgan fingerprint density at radius 2 is 0.481 bits per heavy atom. The number of hydrogen-bond acceptors (Lipinski definition) is 6. The van der Waals surface area contributed by atoms with Crippen LogP contribution in [0, 0.1) is 0 Å². The molecule has 0 heterocycles. The zero-order valence-corrected chi connectivity index (χ0v) is 53.3. The summed E-state index contributed by atoms with van der Waals surface area (Å²) in [4.78, 5) is 38.5. The van der Waals surface area contributed by atoms with E-state index in [-0.39, 0.29) is 31.1 Å². The molecule has 0 aromatic carbocycles. The Kier molecular flexibility index (Phi) is 65.2. The molecule has 0 aliphatic rings. The first-order chi connectivity index (χ1) is 40.0. The number of hydrogen-bond donors (Lipinski definition) is 0. The summed E-state index contributed by atoms with van der Waals surface area (Å²) in [5, 5.41) is 0. The Morgan fingerprint density at radius 3 is 0.765 bits per heavy atom. The van der Waals surface area contributed by atoms with Gasteiger partial charge < -0.3 is 14.2 Å². The Labute approximate surface area is 501 Å². The second-order valence-electron chi connectivity index (χ2n) is 22.7. The van der Waals surface area contributed by atoms with Gasteiger partial charge in [-0.15, -0.1) is 0 Å². The highest BCUT2D eigenvalue weighted by Gasteiger charge is 2.19. The topological polar surface area (TPSA) is 78.9 Å². The van der Waals surface area contributed by atoms with E-state index in [2.05, 4.69) is 130 Å². The van der Waals surface area contributed by atoms with Crippen LogP contribution in [0.1, 0.15) is 329 Å². The van der Waals surface area contributed by atoms with Crippen LogP contribution in [0.3, 0.4) is 0 Å². The lowest BCUT2D eigenvalue weighted by Gasteiger charge is -2.18. The first-order valence-electron chi connectivity index (χ1n) is 34.4. The van der Waals surface area contributed by atoms with Gasteiger partial charge in [-0.25, -0.2) is 0 Å². The molecule has 464 valence electrons. The molecule has 1 atom stereocenters. The minimum Gasteiger partial charge on any atom is -0.462 e. The maximum absolute atomic E-state index is 12.9. The van der Waals surface area contributed by atoms with Gasteiger partial charge in [0.1, 0.15) is 13.2 Å². The molecule has 0 saturated heterocycles. The van der Waals surface area contributed by atoms with Crippen molar-refractivity contribution in [1.29, 1.82) is 0 Å². The van der Waals surface area contributed by atoms with E-state index in [1.54, 1.807) is 0 Å². The lowest BCUT2D eigenvalue weighted by Crippen LogP contribution is -2.30. The van der Waals surface area contributed by atoms with Crippen LogP contribution < -0.4 is 0 Å². The minimum absolute atomic E-state index is 0.0891. The molecule has 6 nitrogen and oxygen atoms in total. The molecular weight excluding hydrogens is 997 g/mol. The van der Waals surface area contributed by atoms with Crippen LogP contribution in [0.15, 0.2) is 109 Å². The lowest BCUT2D eigenvalue weighted by atomic mass is 10.0. The summed E-state index contributed by atoms with van der Waals surface area (Å²) in [5.41, 5.74) is 0. The molecule has 0 fully saturated rings. The number of carbonyl (C=O) groups is 3. The zero-order chi connectivity index (χ0) is 58.5. The highest BCUT2D eigenvalue weighted by molar-refractivity contribution is 5.71. The van der Waals surface area contributed by atoms with Gasteiger partial charge in [0.25, 0.3) is 0 Å². The Bertz CT molecular complexity index is 1620. The van der Waals surface area contributed by atoms with Crippen molar-refractivity contribution in [2.45, 2.75) is 335 Å². The molecule has 0 aromatic heterocycles. The van der Waals surface area contributed by atoms with Crippen molar-refractivity contribution < 1.29 is 28.6 Å². The van der Waals surface area contributed by atoms with Crippen molar-refractivity contribution in [2.75, 3.05) is 13.2 Å². The molecule has 1 unspecified atom stereocenters. The SMILES string of the molecule is CC/C=C\C/C=C\C/C=C\C/C=C\C/C=C\CCCCCCCC(=O)OC(COC(=O)CCCCCCCCC/C=C\C/C=C\C/C=C\CC)COC(=O)CCCCCCCCCCCCCCC/C=C\CCCCCCCCCC. The van der Waals surface area contributed by atoms with Crippen LogP contribution in [0.25, 0.3) is 0 Å². The van der Waals surface area contributed by atoms with Gasteiger partial charge in [0.2, 0.25) is 0 Å². The predicted molar refractivity (Wildman–Crippen MR) is 353 cm³/mol. The van der Waals surface area contributed by atoms with Crippen molar-refractivity contribution in [3.8, 4) is 0 Å². The summed E-state index contributed by atoms with van der Waals surface area (Å²) in [7, 11) is 0. The van der Waals surface area contributed by atoms with E-state index < -0.39 is 6.10 Å². The normalized spacial score (nSPS) is 12.8. The van der Waals surface area contributed by atoms with Gasteiger partial charge in [0.05, 0.1) is 0 Å². The Hall–Kier alpha value is -3.93. The summed E-state index contributed by atoms with van der Waals surface area (Å²) in [5.74, 6) is -0.907. The van der Waals surface area contributed by atoms with Gasteiger partial charge in [0, 0.05) is 19.3 Å². The molecule has 0 aromatic rings. The molecular formula is C75H128O6. The van der Waals surface area contributed by atoms with Crippen LogP contribution in [0.2, 0.25) is 0 Å². The summed E-state index contributed by atoms with van der Waals surface area (Å²) in [6.07, 6.45) is 93.9. The molecule has 0 N–H and O–H groups in total. The summed E-state index contributed by atoms with van der Waals surface area (Å²) in [6.45, 7) is 6.43. The van der Waals surface area contributed by atoms with E-state index >= 15 is 0 Å². The maximum atomic E-state index is 12.9. The van der Waals surface area contributed by atoms with Crippen molar-refractivity contribution in [3.05, 3.63) is 109 Å². The number of unbranched alkanes of at least 4 members (excludes halogenated alkanes) is 33. The first kappa shape index (κ1) is 77.1. The number of esters is 3. The van der Waals surface area contributed by atoms with E-state index in [1.165, 1.54) is 154 Å². The zero-order valence-electron chi connectivity index (χ0n) is 53.3. The minimum atomic E-state index is -0.797. The van der Waals surface area contributed by atoms with Crippen LogP contribution in [-0.2, 0) is 28.6 Å².